The van der Waals surface area contributed by atoms with Crippen LogP contribution >= 0.6 is 12.4 Å². The molecule has 0 aromatic carbocycles. The first-order chi connectivity index (χ1) is 12.7. The smallest absolute Gasteiger partial charge is 0.274 e. The largest absolute Gasteiger partial charge is 0.360 e. The second-order valence-electron chi connectivity index (χ2n) is 7.18. The second-order valence-corrected chi connectivity index (χ2v) is 7.18. The van der Waals surface area contributed by atoms with E-state index in [0.29, 0.717) is 24.8 Å². The average Bonchev–Trinajstić information content (AvgIpc) is 3.32. The van der Waals surface area contributed by atoms with Gasteiger partial charge in [-0.1, -0.05) is 5.16 Å². The summed E-state index contributed by atoms with van der Waals surface area (Å²) < 4.78 is 7.23. The van der Waals surface area contributed by atoms with Crippen molar-refractivity contribution < 1.29 is 9.32 Å². The molecule has 2 aromatic heterocycles. The van der Waals surface area contributed by atoms with Gasteiger partial charge in [0, 0.05) is 45.0 Å². The number of piperidine rings is 1. The molecule has 2 aromatic rings. The van der Waals surface area contributed by atoms with Gasteiger partial charge in [-0.25, -0.2) is 0 Å². The third-order valence-electron chi connectivity index (χ3n) is 5.19. The van der Waals surface area contributed by atoms with Gasteiger partial charge in [-0.15, -0.1) is 12.4 Å². The highest BCUT2D eigenvalue weighted by atomic mass is 35.5. The molecule has 0 aliphatic carbocycles. The van der Waals surface area contributed by atoms with Crippen LogP contribution in [0.3, 0.4) is 0 Å². The first-order valence-electron chi connectivity index (χ1n) is 9.39. The summed E-state index contributed by atoms with van der Waals surface area (Å²) in [6, 6.07) is 4.16. The number of nitrogens with one attached hydrogen (secondary N) is 1. The minimum absolute atomic E-state index is 0. The van der Waals surface area contributed by atoms with E-state index >= 15 is 0 Å². The Hall–Kier alpha value is -1.90. The predicted molar refractivity (Wildman–Crippen MR) is 103 cm³/mol. The van der Waals surface area contributed by atoms with Crippen LogP contribution in [0.25, 0.3) is 0 Å². The molecule has 2 aliphatic heterocycles. The maximum atomic E-state index is 12.8. The molecule has 2 aliphatic rings. The Morgan fingerprint density at radius 1 is 1.33 bits per heavy atom. The Bertz CT molecular complexity index is 747. The number of halogens is 1. The fraction of sp³-hybridized carbons (Fsp3) is 0.611. The van der Waals surface area contributed by atoms with Gasteiger partial charge in [-0.3, -0.25) is 14.4 Å². The lowest BCUT2D eigenvalue weighted by molar-refractivity contribution is 0.0610. The third kappa shape index (κ3) is 4.69. The third-order valence-corrected chi connectivity index (χ3v) is 5.19. The molecule has 4 rings (SSSR count). The highest BCUT2D eigenvalue weighted by Crippen LogP contribution is 2.17. The molecule has 1 unspecified atom stereocenters. The zero-order chi connectivity index (χ0) is 17.9. The molecule has 0 saturated carbocycles. The van der Waals surface area contributed by atoms with Crippen molar-refractivity contribution in [2.45, 2.75) is 32.4 Å². The van der Waals surface area contributed by atoms with Crippen molar-refractivity contribution in [2.75, 3.05) is 39.3 Å². The topological polar surface area (TPSA) is 79.4 Å². The van der Waals surface area contributed by atoms with E-state index in [0.717, 1.165) is 57.0 Å². The number of rotatable bonds is 4. The Labute approximate surface area is 165 Å². The molecule has 1 atom stereocenters. The summed E-state index contributed by atoms with van der Waals surface area (Å²) in [5, 5.41) is 11.9. The van der Waals surface area contributed by atoms with Gasteiger partial charge in [0.25, 0.3) is 5.91 Å². The molecular weight excluding hydrogens is 368 g/mol. The number of carbonyl (C=O) groups excluding carboxylic acids is 1. The molecule has 4 heterocycles. The minimum atomic E-state index is 0. The van der Waals surface area contributed by atoms with Crippen LogP contribution in [0.15, 0.2) is 22.9 Å². The monoisotopic (exact) mass is 394 g/mol. The SMILES string of the molecule is Cc1cc(CN2CCN(C(=O)c3ccn(C4CCCNC4)n3)CC2)on1.Cl. The van der Waals surface area contributed by atoms with Crippen LogP contribution in [0, 0.1) is 6.92 Å². The number of nitrogens with zero attached hydrogens (tertiary/aromatic N) is 5. The summed E-state index contributed by atoms with van der Waals surface area (Å²) in [5.41, 5.74) is 1.45. The molecule has 2 fully saturated rings. The van der Waals surface area contributed by atoms with Crippen molar-refractivity contribution in [2.24, 2.45) is 0 Å². The van der Waals surface area contributed by atoms with E-state index in [2.05, 4.69) is 20.5 Å². The van der Waals surface area contributed by atoms with Gasteiger partial charge in [-0.05, 0) is 32.4 Å². The van der Waals surface area contributed by atoms with Crippen molar-refractivity contribution in [1.82, 2.24) is 30.1 Å². The molecule has 8 nitrogen and oxygen atoms in total. The summed E-state index contributed by atoms with van der Waals surface area (Å²) in [5.74, 6) is 0.907. The summed E-state index contributed by atoms with van der Waals surface area (Å²) in [7, 11) is 0. The Morgan fingerprint density at radius 3 is 2.81 bits per heavy atom. The zero-order valence-corrected chi connectivity index (χ0v) is 16.5. The van der Waals surface area contributed by atoms with E-state index in [1.807, 2.05) is 34.8 Å². The fourth-order valence-corrected chi connectivity index (χ4v) is 3.70. The number of hydrogen-bond donors (Lipinski definition) is 1. The fourth-order valence-electron chi connectivity index (χ4n) is 3.70. The maximum Gasteiger partial charge on any atom is 0.274 e. The van der Waals surface area contributed by atoms with Crippen LogP contribution in [-0.2, 0) is 6.54 Å². The highest BCUT2D eigenvalue weighted by Gasteiger charge is 2.25. The van der Waals surface area contributed by atoms with Crippen LogP contribution in [0.4, 0.5) is 0 Å². The Kier molecular flexibility index (Phi) is 6.51. The first kappa shape index (κ1) is 19.9. The molecule has 0 radical (unpaired) electrons. The van der Waals surface area contributed by atoms with Gasteiger partial charge >= 0.3 is 0 Å². The number of hydrogen-bond acceptors (Lipinski definition) is 6. The van der Waals surface area contributed by atoms with Crippen LogP contribution in [0.2, 0.25) is 0 Å². The lowest BCUT2D eigenvalue weighted by atomic mass is 10.1. The zero-order valence-electron chi connectivity index (χ0n) is 15.6. The number of aromatic nitrogens is 3. The lowest BCUT2D eigenvalue weighted by Crippen LogP contribution is -2.48. The molecule has 1 amide bonds. The van der Waals surface area contributed by atoms with E-state index < -0.39 is 0 Å². The quantitative estimate of drug-likeness (QED) is 0.846. The highest BCUT2D eigenvalue weighted by molar-refractivity contribution is 5.92. The van der Waals surface area contributed by atoms with Crippen molar-refractivity contribution >= 4 is 18.3 Å². The average molecular weight is 395 g/mol. The van der Waals surface area contributed by atoms with Gasteiger partial charge in [0.05, 0.1) is 18.3 Å². The van der Waals surface area contributed by atoms with Crippen molar-refractivity contribution in [3.05, 3.63) is 35.5 Å². The Balaban J connectivity index is 0.00000210. The van der Waals surface area contributed by atoms with Crippen molar-refractivity contribution in [1.29, 1.82) is 0 Å². The Morgan fingerprint density at radius 2 is 2.15 bits per heavy atom. The van der Waals surface area contributed by atoms with Crippen LogP contribution < -0.4 is 5.32 Å². The molecule has 27 heavy (non-hydrogen) atoms. The molecule has 148 valence electrons. The van der Waals surface area contributed by atoms with Crippen LogP contribution in [-0.4, -0.2) is 69.9 Å². The maximum absolute atomic E-state index is 12.8. The number of carbonyl (C=O) groups is 1. The van der Waals surface area contributed by atoms with Crippen molar-refractivity contribution in [3.63, 3.8) is 0 Å². The van der Waals surface area contributed by atoms with E-state index in [9.17, 15) is 4.79 Å². The van der Waals surface area contributed by atoms with E-state index in [-0.39, 0.29) is 18.3 Å². The minimum Gasteiger partial charge on any atom is -0.360 e. The standard InChI is InChI=1S/C18H26N6O2.ClH/c1-14-11-16(26-21-14)13-22-7-9-23(10-8-22)18(25)17-4-6-24(20-17)15-3-2-5-19-12-15;/h4,6,11,15,19H,2-3,5,7-10,12-13H2,1H3;1H. The van der Waals surface area contributed by atoms with Crippen LogP contribution in [0.5, 0.6) is 0 Å². The van der Waals surface area contributed by atoms with E-state index in [4.69, 9.17) is 4.52 Å². The first-order valence-corrected chi connectivity index (χ1v) is 9.39. The van der Waals surface area contributed by atoms with Gasteiger partial charge in [0.1, 0.15) is 5.69 Å². The summed E-state index contributed by atoms with van der Waals surface area (Å²) in [6.45, 7) is 7.75. The predicted octanol–water partition coefficient (Wildman–Crippen LogP) is 1.48. The molecule has 1 N–H and O–H groups in total. The molecule has 9 heteroatoms. The van der Waals surface area contributed by atoms with Gasteiger partial charge < -0.3 is 14.7 Å². The lowest BCUT2D eigenvalue weighted by Gasteiger charge is -2.33. The summed E-state index contributed by atoms with van der Waals surface area (Å²) in [6.07, 6.45) is 4.20. The number of piperazine rings is 1. The number of amides is 1. The molecule has 2 saturated heterocycles. The van der Waals surface area contributed by atoms with Gasteiger partial charge in [0.2, 0.25) is 0 Å². The van der Waals surface area contributed by atoms with Crippen LogP contribution in [0.1, 0.15) is 40.8 Å². The van der Waals surface area contributed by atoms with Gasteiger partial charge in [0.15, 0.2) is 5.76 Å². The number of aryl methyl sites for hydroxylation is 1. The van der Waals surface area contributed by atoms with E-state index in [1.165, 1.54) is 0 Å². The summed E-state index contributed by atoms with van der Waals surface area (Å²) >= 11 is 0. The van der Waals surface area contributed by atoms with Gasteiger partial charge in [-0.2, -0.15) is 5.10 Å². The normalized spacial score (nSPS) is 21.1. The summed E-state index contributed by atoms with van der Waals surface area (Å²) in [4.78, 5) is 16.9. The molecular formula is C18H27ClN6O2. The molecule has 0 bridgehead atoms. The van der Waals surface area contributed by atoms with Crippen molar-refractivity contribution in [3.8, 4) is 0 Å². The second kappa shape index (κ2) is 8.86. The van der Waals surface area contributed by atoms with E-state index in [1.54, 1.807) is 0 Å². The molecule has 0 spiro atoms.